The predicted octanol–water partition coefficient (Wildman–Crippen LogP) is 3.59. The zero-order valence-electron chi connectivity index (χ0n) is 12.8. The number of aryl methyl sites for hydroxylation is 1. The summed E-state index contributed by atoms with van der Waals surface area (Å²) in [5.41, 5.74) is 0.102. The molecule has 25 heavy (non-hydrogen) atoms. The molecule has 0 saturated carbocycles. The second kappa shape index (κ2) is 6.07. The van der Waals surface area contributed by atoms with E-state index in [1.165, 1.54) is 12.1 Å². The molecule has 0 radical (unpaired) electrons. The Balaban J connectivity index is 2.11. The second-order valence-corrected chi connectivity index (χ2v) is 7.25. The van der Waals surface area contributed by atoms with Crippen LogP contribution in [0.4, 0.5) is 13.2 Å². The molecule has 9 heteroatoms. The van der Waals surface area contributed by atoms with Crippen molar-refractivity contribution in [3.05, 3.63) is 52.8 Å². The van der Waals surface area contributed by atoms with Gasteiger partial charge in [-0.2, -0.15) is 8.78 Å². The summed E-state index contributed by atoms with van der Waals surface area (Å²) < 4.78 is 72.8. The Morgan fingerprint density at radius 1 is 1.20 bits per heavy atom. The molecule has 0 fully saturated rings. The lowest BCUT2D eigenvalue weighted by Crippen LogP contribution is -2.14. The molecular weight excluding hydrogens is 361 g/mol. The monoisotopic (exact) mass is 372 g/mol. The maximum atomic E-state index is 13.5. The summed E-state index contributed by atoms with van der Waals surface area (Å²) in [5.74, 6) is -5.12. The molecule has 1 aliphatic rings. The van der Waals surface area contributed by atoms with Gasteiger partial charge in [0.25, 0.3) is 0 Å². The maximum absolute atomic E-state index is 13.5. The highest BCUT2D eigenvalue weighted by atomic mass is 32.2. The minimum absolute atomic E-state index is 0.0730. The molecule has 0 spiro atoms. The summed E-state index contributed by atoms with van der Waals surface area (Å²) in [4.78, 5) is 11.2. The van der Waals surface area contributed by atoms with E-state index in [9.17, 15) is 26.4 Å². The van der Waals surface area contributed by atoms with Gasteiger partial charge in [0.15, 0.2) is 0 Å². The maximum Gasteiger partial charge on any atom is 0.342 e. The topological polar surface area (TPSA) is 69.7 Å². The van der Waals surface area contributed by atoms with E-state index in [-0.39, 0.29) is 22.6 Å². The number of halogens is 3. The summed E-state index contributed by atoms with van der Waals surface area (Å²) in [5, 5.41) is 0. The molecule has 0 bridgehead atoms. The first-order valence-corrected chi connectivity index (χ1v) is 8.55. The van der Waals surface area contributed by atoms with Crippen molar-refractivity contribution < 1.29 is 35.9 Å². The Labute approximate surface area is 140 Å². The molecule has 0 aromatic heterocycles. The van der Waals surface area contributed by atoms with Crippen LogP contribution in [-0.2, 0) is 21.2 Å². The number of hydrogen-bond donors (Lipinski definition) is 0. The fourth-order valence-electron chi connectivity index (χ4n) is 2.52. The molecule has 0 aliphatic carbocycles. The van der Waals surface area contributed by atoms with Gasteiger partial charge in [0.1, 0.15) is 29.5 Å². The zero-order valence-corrected chi connectivity index (χ0v) is 13.6. The molecule has 2 aromatic carbocycles. The first-order valence-electron chi connectivity index (χ1n) is 7.00. The first-order chi connectivity index (χ1) is 11.7. The Morgan fingerprint density at radius 3 is 2.56 bits per heavy atom. The molecule has 1 aliphatic heterocycles. The highest BCUT2D eigenvalue weighted by Crippen LogP contribution is 2.38. The number of benzene rings is 2. The molecule has 0 N–H and O–H groups in total. The normalized spacial score (nSPS) is 13.7. The Hall–Kier alpha value is -2.55. The van der Waals surface area contributed by atoms with Gasteiger partial charge in [-0.15, -0.1) is 0 Å². The summed E-state index contributed by atoms with van der Waals surface area (Å²) in [6, 6.07) is 5.83. The third-order valence-corrected chi connectivity index (χ3v) is 5.03. The third-order valence-electron chi connectivity index (χ3n) is 3.57. The average molecular weight is 372 g/mol. The van der Waals surface area contributed by atoms with E-state index >= 15 is 0 Å². The van der Waals surface area contributed by atoms with E-state index in [1.54, 1.807) is 6.92 Å². The minimum Gasteiger partial charge on any atom is -0.457 e. The van der Waals surface area contributed by atoms with Gasteiger partial charge < -0.3 is 9.47 Å². The minimum atomic E-state index is -4.91. The van der Waals surface area contributed by atoms with Crippen molar-refractivity contribution >= 4 is 15.8 Å². The van der Waals surface area contributed by atoms with E-state index in [0.717, 1.165) is 18.2 Å². The number of carbonyl (C=O) groups excluding carboxylic acids is 1. The van der Waals surface area contributed by atoms with E-state index in [0.29, 0.717) is 5.56 Å². The van der Waals surface area contributed by atoms with Crippen molar-refractivity contribution in [2.75, 3.05) is 0 Å². The van der Waals surface area contributed by atoms with Gasteiger partial charge in [-0.3, -0.25) is 0 Å². The van der Waals surface area contributed by atoms with Crippen LogP contribution < -0.4 is 4.74 Å². The van der Waals surface area contributed by atoms with Crippen LogP contribution in [0.15, 0.2) is 35.2 Å². The van der Waals surface area contributed by atoms with Crippen molar-refractivity contribution in [3.8, 4) is 11.5 Å². The van der Waals surface area contributed by atoms with Crippen molar-refractivity contribution in [3.63, 3.8) is 0 Å². The molecule has 132 valence electrons. The molecule has 0 unspecified atom stereocenters. The van der Waals surface area contributed by atoms with Crippen LogP contribution in [0.5, 0.6) is 11.5 Å². The summed E-state index contributed by atoms with van der Waals surface area (Å²) in [6.07, 6.45) is 0. The van der Waals surface area contributed by atoms with Crippen molar-refractivity contribution in [2.24, 2.45) is 0 Å². The van der Waals surface area contributed by atoms with Crippen molar-refractivity contribution in [2.45, 2.75) is 24.2 Å². The quantitative estimate of drug-likeness (QED) is 0.767. The van der Waals surface area contributed by atoms with E-state index in [1.807, 2.05) is 0 Å². The summed E-state index contributed by atoms with van der Waals surface area (Å²) in [6.45, 7) is 1.17. The number of alkyl halides is 2. The van der Waals surface area contributed by atoms with Crippen molar-refractivity contribution in [1.29, 1.82) is 0 Å². The second-order valence-electron chi connectivity index (χ2n) is 5.36. The lowest BCUT2D eigenvalue weighted by Gasteiger charge is -2.12. The van der Waals surface area contributed by atoms with E-state index in [2.05, 4.69) is 0 Å². The van der Waals surface area contributed by atoms with Crippen molar-refractivity contribution in [1.82, 2.24) is 0 Å². The zero-order chi connectivity index (χ0) is 18.4. The van der Waals surface area contributed by atoms with Gasteiger partial charge in [0.05, 0.1) is 4.90 Å². The van der Waals surface area contributed by atoms with Crippen LogP contribution in [0.1, 0.15) is 21.5 Å². The Bertz CT molecular complexity index is 950. The number of hydrogen-bond acceptors (Lipinski definition) is 5. The number of rotatable bonds is 4. The largest absolute Gasteiger partial charge is 0.457 e. The van der Waals surface area contributed by atoms with Crippen LogP contribution >= 0.6 is 0 Å². The molecule has 0 saturated heterocycles. The Kier molecular flexibility index (Phi) is 4.19. The van der Waals surface area contributed by atoms with Crippen LogP contribution in [-0.4, -0.2) is 20.1 Å². The fraction of sp³-hybridized carbons (Fsp3) is 0.188. The van der Waals surface area contributed by atoms with Crippen LogP contribution in [0.2, 0.25) is 0 Å². The average Bonchev–Trinajstić information content (AvgIpc) is 2.88. The van der Waals surface area contributed by atoms with Crippen LogP contribution in [0.3, 0.4) is 0 Å². The highest BCUT2D eigenvalue weighted by Gasteiger charge is 2.36. The summed E-state index contributed by atoms with van der Waals surface area (Å²) in [7, 11) is -4.91. The fourth-order valence-corrected chi connectivity index (χ4v) is 3.47. The molecule has 5 nitrogen and oxygen atoms in total. The van der Waals surface area contributed by atoms with Gasteiger partial charge in [-0.05, 0) is 36.8 Å². The lowest BCUT2D eigenvalue weighted by atomic mass is 10.1. The molecule has 0 atom stereocenters. The number of cyclic esters (lactones) is 1. The SMILES string of the molecule is Cc1cc(F)cc(Oc2ccc(S(=O)(=O)C(F)F)c3c2C(=O)OC3)c1. The number of esters is 1. The molecule has 2 aromatic rings. The lowest BCUT2D eigenvalue weighted by molar-refractivity contribution is 0.0532. The third kappa shape index (κ3) is 3.07. The number of ether oxygens (including phenoxy) is 2. The van der Waals surface area contributed by atoms with Gasteiger partial charge in [0, 0.05) is 11.6 Å². The standard InChI is InChI=1S/C16H11F3O5S/c1-8-4-9(17)6-10(5-8)24-12-2-3-13(25(21,22)16(18)19)11-7-23-15(20)14(11)12/h2-6,16H,7H2,1H3. The molecular formula is C16H11F3O5S. The smallest absolute Gasteiger partial charge is 0.342 e. The molecule has 1 heterocycles. The van der Waals surface area contributed by atoms with E-state index in [4.69, 9.17) is 9.47 Å². The molecule has 3 rings (SSSR count). The Morgan fingerprint density at radius 2 is 1.92 bits per heavy atom. The van der Waals surface area contributed by atoms with Gasteiger partial charge in [-0.1, -0.05) is 0 Å². The summed E-state index contributed by atoms with van der Waals surface area (Å²) >= 11 is 0. The first kappa shape index (κ1) is 17.3. The predicted molar refractivity (Wildman–Crippen MR) is 80.0 cm³/mol. The number of fused-ring (bicyclic) bond motifs is 1. The van der Waals surface area contributed by atoms with Crippen LogP contribution in [0.25, 0.3) is 0 Å². The van der Waals surface area contributed by atoms with E-state index < -0.39 is 38.9 Å². The number of carbonyl (C=O) groups is 1. The van der Waals surface area contributed by atoms with Gasteiger partial charge >= 0.3 is 11.7 Å². The van der Waals surface area contributed by atoms with Gasteiger partial charge in [0.2, 0.25) is 9.84 Å². The number of sulfone groups is 1. The van der Waals surface area contributed by atoms with Crippen LogP contribution in [0, 0.1) is 12.7 Å². The van der Waals surface area contributed by atoms with Gasteiger partial charge in [-0.25, -0.2) is 17.6 Å². The highest BCUT2D eigenvalue weighted by molar-refractivity contribution is 7.91. The molecule has 0 amide bonds.